The Balaban J connectivity index is 2.16. The second-order valence-corrected chi connectivity index (χ2v) is 4.87. The molecule has 1 aromatic heterocycles. The molecule has 1 aliphatic rings. The van der Waals surface area contributed by atoms with E-state index >= 15 is 0 Å². The zero-order valence-electron chi connectivity index (χ0n) is 9.14. The Hall–Kier alpha value is -0.680. The fourth-order valence-corrected chi connectivity index (χ4v) is 2.53. The van der Waals surface area contributed by atoms with E-state index in [1.165, 1.54) is 12.8 Å². The molecule has 1 aliphatic heterocycles. The number of aromatic nitrogens is 2. The summed E-state index contributed by atoms with van der Waals surface area (Å²) in [7, 11) is 0. The average Bonchev–Trinajstić information content (AvgIpc) is 2.30. The minimum atomic E-state index is 0.243. The van der Waals surface area contributed by atoms with Gasteiger partial charge in [-0.15, -0.1) is 0 Å². The zero-order valence-corrected chi connectivity index (χ0v) is 10.7. The SMILES string of the molecule is OCCC1CCCCN1c1cc(Br)ncn1. The van der Waals surface area contributed by atoms with Crippen molar-refractivity contribution in [3.8, 4) is 0 Å². The van der Waals surface area contributed by atoms with E-state index in [4.69, 9.17) is 5.11 Å². The molecule has 0 saturated carbocycles. The second-order valence-electron chi connectivity index (χ2n) is 4.05. The van der Waals surface area contributed by atoms with Gasteiger partial charge in [0.15, 0.2) is 0 Å². The molecule has 2 rings (SSSR count). The molecule has 1 atom stereocenters. The van der Waals surface area contributed by atoms with Crippen LogP contribution in [0.25, 0.3) is 0 Å². The summed E-state index contributed by atoms with van der Waals surface area (Å²) in [6, 6.07) is 2.36. The third kappa shape index (κ3) is 2.71. The number of piperidine rings is 1. The first-order valence-corrected chi connectivity index (χ1v) is 6.45. The van der Waals surface area contributed by atoms with E-state index in [1.807, 2.05) is 6.07 Å². The van der Waals surface area contributed by atoms with Crippen LogP contribution >= 0.6 is 15.9 Å². The maximum Gasteiger partial charge on any atom is 0.133 e. The summed E-state index contributed by atoms with van der Waals surface area (Å²) < 4.78 is 0.811. The van der Waals surface area contributed by atoms with E-state index in [0.717, 1.165) is 29.8 Å². The van der Waals surface area contributed by atoms with Gasteiger partial charge in [0, 0.05) is 25.3 Å². The molecule has 1 fully saturated rings. The Bertz CT molecular complexity index is 346. The van der Waals surface area contributed by atoms with Crippen molar-refractivity contribution < 1.29 is 5.11 Å². The highest BCUT2D eigenvalue weighted by Crippen LogP contribution is 2.25. The molecule has 0 amide bonds. The lowest BCUT2D eigenvalue weighted by Crippen LogP contribution is -2.40. The first-order chi connectivity index (χ1) is 7.81. The van der Waals surface area contributed by atoms with E-state index in [1.54, 1.807) is 6.33 Å². The average molecular weight is 286 g/mol. The molecular weight excluding hydrogens is 270 g/mol. The molecule has 0 aromatic carbocycles. The van der Waals surface area contributed by atoms with Crippen molar-refractivity contribution in [2.45, 2.75) is 31.7 Å². The highest BCUT2D eigenvalue weighted by molar-refractivity contribution is 9.10. The van der Waals surface area contributed by atoms with Crippen molar-refractivity contribution >= 4 is 21.7 Å². The van der Waals surface area contributed by atoms with E-state index < -0.39 is 0 Å². The van der Waals surface area contributed by atoms with Crippen molar-refractivity contribution in [1.29, 1.82) is 0 Å². The summed E-state index contributed by atoms with van der Waals surface area (Å²) in [6.45, 7) is 1.27. The first-order valence-electron chi connectivity index (χ1n) is 5.66. The van der Waals surface area contributed by atoms with E-state index in [9.17, 15) is 0 Å². The Kier molecular flexibility index (Phi) is 4.12. The van der Waals surface area contributed by atoms with Crippen LogP contribution in [0.15, 0.2) is 17.0 Å². The van der Waals surface area contributed by atoms with Gasteiger partial charge in [0.25, 0.3) is 0 Å². The maximum atomic E-state index is 9.07. The number of nitrogens with zero attached hydrogens (tertiary/aromatic N) is 3. The molecule has 1 N–H and O–H groups in total. The normalized spacial score (nSPS) is 21.1. The Morgan fingerprint density at radius 3 is 3.06 bits per heavy atom. The van der Waals surface area contributed by atoms with Crippen LogP contribution in [0.5, 0.6) is 0 Å². The molecule has 5 heteroatoms. The van der Waals surface area contributed by atoms with Gasteiger partial charge in [-0.25, -0.2) is 9.97 Å². The highest BCUT2D eigenvalue weighted by atomic mass is 79.9. The summed E-state index contributed by atoms with van der Waals surface area (Å²) in [5.74, 6) is 0.958. The van der Waals surface area contributed by atoms with Gasteiger partial charge in [-0.1, -0.05) is 0 Å². The Labute approximate surface area is 104 Å². The number of halogens is 1. The van der Waals surface area contributed by atoms with Crippen LogP contribution in [0.2, 0.25) is 0 Å². The van der Waals surface area contributed by atoms with Gasteiger partial charge < -0.3 is 10.0 Å². The summed E-state index contributed by atoms with van der Waals surface area (Å²) in [4.78, 5) is 10.6. The molecule has 1 saturated heterocycles. The van der Waals surface area contributed by atoms with E-state index in [0.29, 0.717) is 6.04 Å². The Morgan fingerprint density at radius 1 is 1.44 bits per heavy atom. The number of rotatable bonds is 3. The predicted octanol–water partition coefficient (Wildman–Crippen LogP) is 1.98. The standard InChI is InChI=1S/C11H16BrN3O/c12-10-7-11(14-8-13-10)15-5-2-1-3-9(15)4-6-16/h7-9,16H,1-6H2. The molecule has 0 radical (unpaired) electrons. The molecule has 0 aliphatic carbocycles. The number of hydrogen-bond acceptors (Lipinski definition) is 4. The smallest absolute Gasteiger partial charge is 0.133 e. The summed E-state index contributed by atoms with van der Waals surface area (Å²) in [6.07, 6.45) is 5.98. The van der Waals surface area contributed by atoms with Crippen molar-refractivity contribution in [1.82, 2.24) is 9.97 Å². The van der Waals surface area contributed by atoms with Gasteiger partial charge >= 0.3 is 0 Å². The minimum Gasteiger partial charge on any atom is -0.396 e. The number of aliphatic hydroxyl groups is 1. The van der Waals surface area contributed by atoms with Gasteiger partial charge in [0.05, 0.1) is 0 Å². The van der Waals surface area contributed by atoms with E-state index in [-0.39, 0.29) is 6.61 Å². The zero-order chi connectivity index (χ0) is 11.4. The number of aliphatic hydroxyl groups excluding tert-OH is 1. The van der Waals surface area contributed by atoms with Crippen molar-refractivity contribution in [3.05, 3.63) is 17.0 Å². The van der Waals surface area contributed by atoms with Crippen LogP contribution < -0.4 is 4.90 Å². The van der Waals surface area contributed by atoms with Crippen LogP contribution in [0, 0.1) is 0 Å². The summed E-state index contributed by atoms with van der Waals surface area (Å²) >= 11 is 3.36. The van der Waals surface area contributed by atoms with E-state index in [2.05, 4.69) is 30.8 Å². The lowest BCUT2D eigenvalue weighted by Gasteiger charge is -2.36. The first kappa shape index (κ1) is 11.8. The van der Waals surface area contributed by atoms with Crippen molar-refractivity contribution in [2.75, 3.05) is 18.1 Å². The van der Waals surface area contributed by atoms with Crippen LogP contribution in [0.4, 0.5) is 5.82 Å². The monoisotopic (exact) mass is 285 g/mol. The Morgan fingerprint density at radius 2 is 2.31 bits per heavy atom. The lowest BCUT2D eigenvalue weighted by atomic mass is 10.00. The van der Waals surface area contributed by atoms with Gasteiger partial charge in [0.1, 0.15) is 16.7 Å². The third-order valence-electron chi connectivity index (χ3n) is 3.00. The van der Waals surface area contributed by atoms with Crippen LogP contribution in [0.3, 0.4) is 0 Å². The molecule has 16 heavy (non-hydrogen) atoms. The topological polar surface area (TPSA) is 49.2 Å². The van der Waals surface area contributed by atoms with Gasteiger partial charge in [-0.05, 0) is 41.6 Å². The fourth-order valence-electron chi connectivity index (χ4n) is 2.23. The quantitative estimate of drug-likeness (QED) is 0.863. The fraction of sp³-hybridized carbons (Fsp3) is 0.636. The summed E-state index contributed by atoms with van der Waals surface area (Å²) in [5, 5.41) is 9.07. The summed E-state index contributed by atoms with van der Waals surface area (Å²) in [5.41, 5.74) is 0. The number of hydrogen-bond donors (Lipinski definition) is 1. The molecule has 1 aromatic rings. The van der Waals surface area contributed by atoms with Crippen LogP contribution in [-0.4, -0.2) is 34.3 Å². The molecule has 2 heterocycles. The number of anilines is 1. The highest BCUT2D eigenvalue weighted by Gasteiger charge is 2.23. The van der Waals surface area contributed by atoms with Gasteiger partial charge in [-0.2, -0.15) is 0 Å². The second kappa shape index (κ2) is 5.59. The molecule has 4 nitrogen and oxygen atoms in total. The van der Waals surface area contributed by atoms with Crippen LogP contribution in [0.1, 0.15) is 25.7 Å². The third-order valence-corrected chi connectivity index (χ3v) is 3.44. The molecular formula is C11H16BrN3O. The van der Waals surface area contributed by atoms with Crippen molar-refractivity contribution in [3.63, 3.8) is 0 Å². The van der Waals surface area contributed by atoms with Gasteiger partial charge in [0.2, 0.25) is 0 Å². The largest absolute Gasteiger partial charge is 0.396 e. The van der Waals surface area contributed by atoms with Gasteiger partial charge in [-0.3, -0.25) is 0 Å². The molecule has 0 bridgehead atoms. The lowest BCUT2D eigenvalue weighted by molar-refractivity contribution is 0.262. The predicted molar refractivity (Wildman–Crippen MR) is 66.4 cm³/mol. The molecule has 88 valence electrons. The van der Waals surface area contributed by atoms with Crippen molar-refractivity contribution in [2.24, 2.45) is 0 Å². The minimum absolute atomic E-state index is 0.243. The maximum absolute atomic E-state index is 9.07. The van der Waals surface area contributed by atoms with Crippen LogP contribution in [-0.2, 0) is 0 Å². The molecule has 0 spiro atoms. The molecule has 1 unspecified atom stereocenters.